The van der Waals surface area contributed by atoms with E-state index in [1.807, 2.05) is 6.07 Å². The average Bonchev–Trinajstić information content (AvgIpc) is 3.02. The van der Waals surface area contributed by atoms with Gasteiger partial charge in [-0.15, -0.1) is 0 Å². The van der Waals surface area contributed by atoms with Gasteiger partial charge in [-0.1, -0.05) is 36.8 Å². The molecule has 0 heterocycles. The van der Waals surface area contributed by atoms with Gasteiger partial charge >= 0.3 is 0 Å². The molecule has 1 unspecified atom stereocenters. The normalized spacial score (nSPS) is 22.8. The van der Waals surface area contributed by atoms with E-state index in [9.17, 15) is 4.79 Å². The van der Waals surface area contributed by atoms with E-state index in [2.05, 4.69) is 55.7 Å². The summed E-state index contributed by atoms with van der Waals surface area (Å²) in [5.41, 5.74) is 6.87. The molecule has 0 bridgehead atoms. The van der Waals surface area contributed by atoms with Crippen LogP contribution in [0, 0.1) is 11.8 Å². The van der Waals surface area contributed by atoms with Crippen molar-refractivity contribution in [2.45, 2.75) is 51.6 Å². The maximum absolute atomic E-state index is 12.4. The Bertz CT molecular complexity index is 501. The van der Waals surface area contributed by atoms with Gasteiger partial charge in [0.25, 0.3) is 0 Å². The van der Waals surface area contributed by atoms with Gasteiger partial charge in [-0.05, 0) is 51.6 Å². The molecule has 1 aliphatic carbocycles. The van der Waals surface area contributed by atoms with Crippen molar-refractivity contribution < 1.29 is 4.79 Å². The number of hydrogen-bond acceptors (Lipinski definition) is 3. The molecule has 1 fully saturated rings. The zero-order chi connectivity index (χ0) is 16.9. The molecule has 1 aromatic rings. The fraction of sp³-hybridized carbons (Fsp3) is 0.632. The summed E-state index contributed by atoms with van der Waals surface area (Å²) in [6.45, 7) is 7.64. The zero-order valence-electron chi connectivity index (χ0n) is 14.6. The van der Waals surface area contributed by atoms with Crippen molar-refractivity contribution in [3.8, 4) is 0 Å². The van der Waals surface area contributed by atoms with Crippen LogP contribution in [0.15, 0.2) is 30.3 Å². The van der Waals surface area contributed by atoms with E-state index in [0.29, 0.717) is 19.0 Å². The van der Waals surface area contributed by atoms with Gasteiger partial charge in [-0.25, -0.2) is 0 Å². The number of carbonyl (C=O) groups excluding carboxylic acids is 1. The maximum Gasteiger partial charge on any atom is 0.223 e. The molecule has 3 atom stereocenters. The summed E-state index contributed by atoms with van der Waals surface area (Å²) >= 11 is 0. The molecule has 128 valence electrons. The first-order valence-corrected chi connectivity index (χ1v) is 8.73. The Balaban J connectivity index is 1.85. The highest BCUT2D eigenvalue weighted by molar-refractivity contribution is 5.79. The summed E-state index contributed by atoms with van der Waals surface area (Å²) in [4.78, 5) is 12.4. The lowest BCUT2D eigenvalue weighted by molar-refractivity contribution is -0.126. The quantitative estimate of drug-likeness (QED) is 0.724. The predicted molar refractivity (Wildman–Crippen MR) is 95.0 cm³/mol. The van der Waals surface area contributed by atoms with Gasteiger partial charge in [-0.3, -0.25) is 4.79 Å². The summed E-state index contributed by atoms with van der Waals surface area (Å²) in [6, 6.07) is 10.6. The van der Waals surface area contributed by atoms with Gasteiger partial charge in [-0.2, -0.15) is 0 Å². The predicted octanol–water partition coefficient (Wildman–Crippen LogP) is 2.61. The fourth-order valence-corrected chi connectivity index (χ4v) is 3.57. The number of rotatable bonds is 7. The van der Waals surface area contributed by atoms with Crippen molar-refractivity contribution in [3.05, 3.63) is 35.9 Å². The highest BCUT2D eigenvalue weighted by Gasteiger charge is 2.32. The van der Waals surface area contributed by atoms with E-state index >= 15 is 0 Å². The maximum atomic E-state index is 12.4. The van der Waals surface area contributed by atoms with Crippen LogP contribution in [-0.2, 0) is 4.79 Å². The van der Waals surface area contributed by atoms with Crippen LogP contribution in [0.4, 0.5) is 0 Å². The monoisotopic (exact) mass is 317 g/mol. The fourth-order valence-electron chi connectivity index (χ4n) is 3.57. The van der Waals surface area contributed by atoms with Crippen molar-refractivity contribution in [1.29, 1.82) is 0 Å². The van der Waals surface area contributed by atoms with Gasteiger partial charge in [0.15, 0.2) is 0 Å². The molecule has 1 aliphatic rings. The molecule has 1 aromatic carbocycles. The van der Waals surface area contributed by atoms with Gasteiger partial charge in [0.2, 0.25) is 5.91 Å². The molecule has 4 N–H and O–H groups in total. The second-order valence-corrected chi connectivity index (χ2v) is 7.41. The van der Waals surface area contributed by atoms with Crippen LogP contribution in [0.3, 0.4) is 0 Å². The largest absolute Gasteiger partial charge is 0.354 e. The summed E-state index contributed by atoms with van der Waals surface area (Å²) in [5, 5.41) is 6.73. The SMILES string of the molecule is CC(NC(C)(C)CNC(=O)[C@@H]1CCC[C@@H]1CN)c1ccccc1. The third kappa shape index (κ3) is 5.05. The van der Waals surface area contributed by atoms with E-state index in [1.54, 1.807) is 0 Å². The Morgan fingerprint density at radius 3 is 2.65 bits per heavy atom. The van der Waals surface area contributed by atoms with Crippen LogP contribution in [0.5, 0.6) is 0 Å². The number of benzene rings is 1. The van der Waals surface area contributed by atoms with E-state index in [0.717, 1.165) is 19.3 Å². The van der Waals surface area contributed by atoms with E-state index in [-0.39, 0.29) is 23.4 Å². The zero-order valence-corrected chi connectivity index (χ0v) is 14.6. The summed E-state index contributed by atoms with van der Waals surface area (Å²) in [5.74, 6) is 0.622. The number of hydrogen-bond donors (Lipinski definition) is 3. The second-order valence-electron chi connectivity index (χ2n) is 7.41. The average molecular weight is 317 g/mol. The first-order valence-electron chi connectivity index (χ1n) is 8.73. The molecule has 23 heavy (non-hydrogen) atoms. The van der Waals surface area contributed by atoms with Crippen molar-refractivity contribution in [2.24, 2.45) is 17.6 Å². The third-order valence-corrected chi connectivity index (χ3v) is 4.91. The Labute approximate surface area is 140 Å². The summed E-state index contributed by atoms with van der Waals surface area (Å²) in [6.07, 6.45) is 3.18. The van der Waals surface area contributed by atoms with E-state index < -0.39 is 0 Å². The molecule has 0 aromatic heterocycles. The molecule has 4 heteroatoms. The number of nitrogens with two attached hydrogens (primary N) is 1. The molecule has 4 nitrogen and oxygen atoms in total. The molecule has 0 aliphatic heterocycles. The lowest BCUT2D eigenvalue weighted by Crippen LogP contribution is -2.51. The molecule has 1 amide bonds. The third-order valence-electron chi connectivity index (χ3n) is 4.91. The minimum Gasteiger partial charge on any atom is -0.354 e. The Kier molecular flexibility index (Phi) is 6.19. The standard InChI is InChI=1S/C19H31N3O/c1-14(15-8-5-4-6-9-15)22-19(2,3)13-21-18(23)17-11-7-10-16(17)12-20/h4-6,8-9,14,16-17,22H,7,10-13,20H2,1-3H3,(H,21,23)/t14?,16-,17-/m1/s1. The van der Waals surface area contributed by atoms with Gasteiger partial charge in [0, 0.05) is 24.0 Å². The Morgan fingerprint density at radius 1 is 1.30 bits per heavy atom. The van der Waals surface area contributed by atoms with Crippen LogP contribution < -0.4 is 16.4 Å². The van der Waals surface area contributed by atoms with Crippen molar-refractivity contribution in [2.75, 3.05) is 13.1 Å². The Morgan fingerprint density at radius 2 is 2.00 bits per heavy atom. The summed E-state index contributed by atoms with van der Waals surface area (Å²) in [7, 11) is 0. The topological polar surface area (TPSA) is 67.1 Å². The highest BCUT2D eigenvalue weighted by atomic mass is 16.1. The van der Waals surface area contributed by atoms with E-state index in [1.165, 1.54) is 5.56 Å². The summed E-state index contributed by atoms with van der Waals surface area (Å²) < 4.78 is 0. The van der Waals surface area contributed by atoms with Crippen LogP contribution in [-0.4, -0.2) is 24.5 Å². The Hall–Kier alpha value is -1.39. The van der Waals surface area contributed by atoms with Crippen LogP contribution in [0.25, 0.3) is 0 Å². The number of carbonyl (C=O) groups is 1. The molecular weight excluding hydrogens is 286 g/mol. The first-order chi connectivity index (χ1) is 10.9. The van der Waals surface area contributed by atoms with Crippen LogP contribution in [0.2, 0.25) is 0 Å². The molecule has 0 saturated heterocycles. The van der Waals surface area contributed by atoms with Crippen molar-refractivity contribution in [1.82, 2.24) is 10.6 Å². The van der Waals surface area contributed by atoms with Gasteiger partial charge < -0.3 is 16.4 Å². The molecule has 2 rings (SSSR count). The molecular formula is C19H31N3O. The lowest BCUT2D eigenvalue weighted by Gasteiger charge is -2.31. The number of amides is 1. The minimum atomic E-state index is -0.165. The van der Waals surface area contributed by atoms with Crippen LogP contribution in [0.1, 0.15) is 51.6 Å². The van der Waals surface area contributed by atoms with Gasteiger partial charge in [0.05, 0.1) is 0 Å². The van der Waals surface area contributed by atoms with Crippen LogP contribution >= 0.6 is 0 Å². The lowest BCUT2D eigenvalue weighted by atomic mass is 9.94. The minimum absolute atomic E-state index is 0.0994. The molecule has 0 radical (unpaired) electrons. The number of nitrogens with one attached hydrogen (secondary N) is 2. The highest BCUT2D eigenvalue weighted by Crippen LogP contribution is 2.31. The smallest absolute Gasteiger partial charge is 0.223 e. The molecule has 0 spiro atoms. The van der Waals surface area contributed by atoms with E-state index in [4.69, 9.17) is 5.73 Å². The molecule has 1 saturated carbocycles. The second kappa shape index (κ2) is 7.93. The van der Waals surface area contributed by atoms with Gasteiger partial charge in [0.1, 0.15) is 0 Å². The van der Waals surface area contributed by atoms with Crippen molar-refractivity contribution >= 4 is 5.91 Å². The first kappa shape index (κ1) is 18.0. The van der Waals surface area contributed by atoms with Crippen molar-refractivity contribution in [3.63, 3.8) is 0 Å².